The van der Waals surface area contributed by atoms with Crippen molar-refractivity contribution in [2.75, 3.05) is 33.7 Å². The van der Waals surface area contributed by atoms with E-state index in [0.717, 1.165) is 32.1 Å². The summed E-state index contributed by atoms with van der Waals surface area (Å²) >= 11 is 0. The normalized spacial score (nSPS) is 15.8. The van der Waals surface area contributed by atoms with E-state index in [9.17, 15) is 0 Å². The van der Waals surface area contributed by atoms with Crippen LogP contribution >= 0.6 is 24.0 Å². The molecule has 112 valence electrons. The Bertz CT molecular complexity index is 421. The molecule has 0 radical (unpaired) electrons. The topological polar surface area (TPSA) is 30.9 Å². The molecule has 0 fully saturated rings. The molecule has 1 N–H and O–H groups in total. The molecule has 1 heterocycles. The minimum atomic E-state index is 0. The molecule has 0 aliphatic carbocycles. The second-order valence-corrected chi connectivity index (χ2v) is 5.26. The van der Waals surface area contributed by atoms with Crippen LogP contribution in [0.2, 0.25) is 0 Å². The SMILES string of the molecule is CC(CNC1=NCCN1C)N(C)Cc1ccccc1.I. The van der Waals surface area contributed by atoms with Crippen molar-refractivity contribution in [2.45, 2.75) is 19.5 Å². The number of nitrogens with one attached hydrogen (secondary N) is 1. The molecule has 20 heavy (non-hydrogen) atoms. The first-order valence-electron chi connectivity index (χ1n) is 6.90. The number of hydrogen-bond donors (Lipinski definition) is 1. The summed E-state index contributed by atoms with van der Waals surface area (Å²) in [5.41, 5.74) is 1.35. The Labute approximate surface area is 139 Å². The average molecular weight is 388 g/mol. The van der Waals surface area contributed by atoms with Crippen LogP contribution in [0, 0.1) is 0 Å². The summed E-state index contributed by atoms with van der Waals surface area (Å²) in [6.45, 7) is 6.08. The molecular formula is C15H25IN4. The Kier molecular flexibility index (Phi) is 7.29. The Morgan fingerprint density at radius 2 is 2.05 bits per heavy atom. The third kappa shape index (κ3) is 4.94. The van der Waals surface area contributed by atoms with Gasteiger partial charge < -0.3 is 10.2 Å². The smallest absolute Gasteiger partial charge is 0.193 e. The number of likely N-dealkylation sites (N-methyl/N-ethyl adjacent to an activating group) is 2. The van der Waals surface area contributed by atoms with E-state index in [1.54, 1.807) is 0 Å². The van der Waals surface area contributed by atoms with Gasteiger partial charge in [0, 0.05) is 32.7 Å². The molecule has 1 aromatic carbocycles. The lowest BCUT2D eigenvalue weighted by Gasteiger charge is -2.26. The Hall–Kier alpha value is -0.820. The fourth-order valence-corrected chi connectivity index (χ4v) is 2.15. The van der Waals surface area contributed by atoms with E-state index in [1.165, 1.54) is 5.56 Å². The Morgan fingerprint density at radius 3 is 2.65 bits per heavy atom. The predicted molar refractivity (Wildman–Crippen MR) is 95.7 cm³/mol. The molecule has 1 aliphatic rings. The van der Waals surface area contributed by atoms with Crippen LogP contribution in [0.5, 0.6) is 0 Å². The fourth-order valence-electron chi connectivity index (χ4n) is 2.15. The van der Waals surface area contributed by atoms with Crippen molar-refractivity contribution >= 4 is 29.9 Å². The van der Waals surface area contributed by atoms with E-state index in [0.29, 0.717) is 6.04 Å². The summed E-state index contributed by atoms with van der Waals surface area (Å²) in [6, 6.07) is 11.1. The second-order valence-electron chi connectivity index (χ2n) is 5.26. The summed E-state index contributed by atoms with van der Waals surface area (Å²) in [6.07, 6.45) is 0. The Morgan fingerprint density at radius 1 is 1.35 bits per heavy atom. The number of aliphatic imine (C=N–C) groups is 1. The molecular weight excluding hydrogens is 363 g/mol. The zero-order valence-corrected chi connectivity index (χ0v) is 14.9. The van der Waals surface area contributed by atoms with Crippen molar-refractivity contribution in [3.8, 4) is 0 Å². The van der Waals surface area contributed by atoms with Crippen LogP contribution in [0.4, 0.5) is 0 Å². The van der Waals surface area contributed by atoms with E-state index in [2.05, 4.69) is 71.5 Å². The van der Waals surface area contributed by atoms with Crippen LogP contribution < -0.4 is 5.32 Å². The maximum Gasteiger partial charge on any atom is 0.193 e. The summed E-state index contributed by atoms with van der Waals surface area (Å²) < 4.78 is 0. The van der Waals surface area contributed by atoms with E-state index < -0.39 is 0 Å². The van der Waals surface area contributed by atoms with Gasteiger partial charge >= 0.3 is 0 Å². The van der Waals surface area contributed by atoms with Crippen LogP contribution in [-0.4, -0.2) is 55.5 Å². The van der Waals surface area contributed by atoms with Gasteiger partial charge in [0.15, 0.2) is 5.96 Å². The average Bonchev–Trinajstić information content (AvgIpc) is 2.82. The first-order chi connectivity index (χ1) is 9.16. The molecule has 4 nitrogen and oxygen atoms in total. The van der Waals surface area contributed by atoms with Gasteiger partial charge in [-0.25, -0.2) is 0 Å². The molecule has 1 aliphatic heterocycles. The van der Waals surface area contributed by atoms with Gasteiger partial charge in [-0.2, -0.15) is 0 Å². The van der Waals surface area contributed by atoms with Crippen LogP contribution in [0.3, 0.4) is 0 Å². The van der Waals surface area contributed by atoms with Crippen LogP contribution in [0.15, 0.2) is 35.3 Å². The lowest BCUT2D eigenvalue weighted by molar-refractivity contribution is 0.248. The molecule has 0 amide bonds. The van der Waals surface area contributed by atoms with Gasteiger partial charge in [0.2, 0.25) is 0 Å². The van der Waals surface area contributed by atoms with Crippen LogP contribution in [0.1, 0.15) is 12.5 Å². The fraction of sp³-hybridized carbons (Fsp3) is 0.533. The van der Waals surface area contributed by atoms with Gasteiger partial charge in [0.25, 0.3) is 0 Å². The third-order valence-electron chi connectivity index (χ3n) is 3.64. The van der Waals surface area contributed by atoms with Gasteiger partial charge in [0.1, 0.15) is 0 Å². The van der Waals surface area contributed by atoms with Gasteiger partial charge in [-0.15, -0.1) is 24.0 Å². The minimum absolute atomic E-state index is 0. The highest BCUT2D eigenvalue weighted by molar-refractivity contribution is 14.0. The largest absolute Gasteiger partial charge is 0.355 e. The minimum Gasteiger partial charge on any atom is -0.355 e. The molecule has 2 rings (SSSR count). The molecule has 0 saturated carbocycles. The van der Waals surface area contributed by atoms with E-state index >= 15 is 0 Å². The van der Waals surface area contributed by atoms with Gasteiger partial charge in [0.05, 0.1) is 6.54 Å². The highest BCUT2D eigenvalue weighted by Crippen LogP contribution is 2.05. The van der Waals surface area contributed by atoms with Crippen molar-refractivity contribution in [2.24, 2.45) is 4.99 Å². The number of halogens is 1. The maximum absolute atomic E-state index is 4.44. The standard InChI is InChI=1S/C15H24N4.HI/c1-13(11-17-15-16-9-10-18(15)2)19(3)12-14-7-5-4-6-8-14;/h4-8,13H,9-12H2,1-3H3,(H,16,17);1H. The lowest BCUT2D eigenvalue weighted by Crippen LogP contribution is -2.43. The lowest BCUT2D eigenvalue weighted by atomic mass is 10.2. The van der Waals surface area contributed by atoms with Crippen LogP contribution in [-0.2, 0) is 6.54 Å². The number of guanidine groups is 1. The van der Waals surface area contributed by atoms with Gasteiger partial charge in [-0.3, -0.25) is 9.89 Å². The molecule has 5 heteroatoms. The van der Waals surface area contributed by atoms with Crippen LogP contribution in [0.25, 0.3) is 0 Å². The first-order valence-corrected chi connectivity index (χ1v) is 6.90. The highest BCUT2D eigenvalue weighted by Gasteiger charge is 2.14. The summed E-state index contributed by atoms with van der Waals surface area (Å²) in [4.78, 5) is 8.97. The molecule has 1 aromatic rings. The molecule has 0 saturated heterocycles. The van der Waals surface area contributed by atoms with Crippen molar-refractivity contribution in [3.63, 3.8) is 0 Å². The number of rotatable bonds is 5. The van der Waals surface area contributed by atoms with Crippen molar-refractivity contribution in [1.82, 2.24) is 15.1 Å². The molecule has 1 unspecified atom stereocenters. The van der Waals surface area contributed by atoms with Crippen molar-refractivity contribution in [1.29, 1.82) is 0 Å². The summed E-state index contributed by atoms with van der Waals surface area (Å²) in [7, 11) is 4.25. The quantitative estimate of drug-likeness (QED) is 0.784. The van der Waals surface area contributed by atoms with Crippen molar-refractivity contribution < 1.29 is 0 Å². The summed E-state index contributed by atoms with van der Waals surface area (Å²) in [5, 5.41) is 3.43. The molecule has 0 bridgehead atoms. The van der Waals surface area contributed by atoms with E-state index in [4.69, 9.17) is 0 Å². The number of hydrogen-bond acceptors (Lipinski definition) is 4. The third-order valence-corrected chi connectivity index (χ3v) is 3.64. The van der Waals surface area contributed by atoms with E-state index in [1.807, 2.05) is 0 Å². The molecule has 0 spiro atoms. The van der Waals surface area contributed by atoms with Crippen molar-refractivity contribution in [3.05, 3.63) is 35.9 Å². The first kappa shape index (κ1) is 17.2. The molecule has 0 aromatic heterocycles. The Balaban J connectivity index is 0.00000200. The number of nitrogens with zero attached hydrogens (tertiary/aromatic N) is 3. The zero-order valence-electron chi connectivity index (χ0n) is 12.5. The zero-order chi connectivity index (χ0) is 13.7. The monoisotopic (exact) mass is 388 g/mol. The maximum atomic E-state index is 4.44. The number of benzene rings is 1. The second kappa shape index (κ2) is 8.46. The van der Waals surface area contributed by atoms with Gasteiger partial charge in [-0.05, 0) is 19.5 Å². The predicted octanol–water partition coefficient (Wildman–Crippen LogP) is 2.02. The summed E-state index contributed by atoms with van der Waals surface area (Å²) in [5.74, 6) is 1.03. The molecule has 1 atom stereocenters. The van der Waals surface area contributed by atoms with E-state index in [-0.39, 0.29) is 24.0 Å². The highest BCUT2D eigenvalue weighted by atomic mass is 127. The van der Waals surface area contributed by atoms with Gasteiger partial charge in [-0.1, -0.05) is 30.3 Å².